The van der Waals surface area contributed by atoms with Crippen molar-refractivity contribution in [3.63, 3.8) is 0 Å². The second-order valence-corrected chi connectivity index (χ2v) is 6.63. The number of hydrogen-bond donors (Lipinski definition) is 2. The number of hydrogen-bond acceptors (Lipinski definition) is 5. The van der Waals surface area contributed by atoms with Gasteiger partial charge in [0.05, 0.1) is 5.92 Å². The van der Waals surface area contributed by atoms with Gasteiger partial charge in [-0.15, -0.1) is 0 Å². The lowest BCUT2D eigenvalue weighted by atomic mass is 9.76. The lowest BCUT2D eigenvalue weighted by Gasteiger charge is -2.38. The highest BCUT2D eigenvalue weighted by atomic mass is 16.6. The molecule has 5 nitrogen and oxygen atoms in total. The highest BCUT2D eigenvalue weighted by molar-refractivity contribution is 5.98. The summed E-state index contributed by atoms with van der Waals surface area (Å²) in [5, 5.41) is 21.6. The van der Waals surface area contributed by atoms with Gasteiger partial charge in [0.2, 0.25) is 0 Å². The van der Waals surface area contributed by atoms with E-state index in [1.54, 1.807) is 13.8 Å². The van der Waals surface area contributed by atoms with Gasteiger partial charge < -0.3 is 14.9 Å². The average Bonchev–Trinajstić information content (AvgIpc) is 2.71. The molecular formula is C15H20O5. The third-order valence-corrected chi connectivity index (χ3v) is 5.35. The van der Waals surface area contributed by atoms with Crippen LogP contribution in [0.2, 0.25) is 0 Å². The molecule has 110 valence electrons. The molecule has 5 heteroatoms. The third kappa shape index (κ3) is 1.45. The largest absolute Gasteiger partial charge is 0.457 e. The summed E-state index contributed by atoms with van der Waals surface area (Å²) in [6.45, 7) is 5.07. The van der Waals surface area contributed by atoms with Gasteiger partial charge in [-0.05, 0) is 26.7 Å². The Balaban J connectivity index is 2.17. The maximum absolute atomic E-state index is 12.3. The SMILES string of the molecule is CC1=C2C3OC(=O)C(C)C3CCC(C)(O)C2(O)C(=O)C1. The number of Topliss-reactive ketones (excluding diaryl/α,β-unsaturated/α-hetero) is 1. The van der Waals surface area contributed by atoms with Crippen molar-refractivity contribution in [1.82, 2.24) is 0 Å². The zero-order chi connectivity index (χ0) is 14.9. The van der Waals surface area contributed by atoms with Gasteiger partial charge in [0.1, 0.15) is 11.7 Å². The molecule has 0 spiro atoms. The summed E-state index contributed by atoms with van der Waals surface area (Å²) in [6, 6.07) is 0. The summed E-state index contributed by atoms with van der Waals surface area (Å²) in [5.41, 5.74) is -2.29. The fourth-order valence-corrected chi connectivity index (χ4v) is 4.02. The Morgan fingerprint density at radius 1 is 1.30 bits per heavy atom. The Bertz CT molecular complexity index is 532. The molecule has 0 amide bonds. The first kappa shape index (κ1) is 13.8. The van der Waals surface area contributed by atoms with Crippen LogP contribution in [-0.4, -0.2) is 39.3 Å². The van der Waals surface area contributed by atoms with Crippen molar-refractivity contribution in [3.8, 4) is 0 Å². The lowest BCUT2D eigenvalue weighted by molar-refractivity contribution is -0.161. The van der Waals surface area contributed by atoms with Crippen LogP contribution in [0.3, 0.4) is 0 Å². The predicted octanol–water partition coefficient (Wildman–Crippen LogP) is 0.729. The molecular weight excluding hydrogens is 260 g/mol. The van der Waals surface area contributed by atoms with Crippen molar-refractivity contribution in [2.24, 2.45) is 11.8 Å². The van der Waals surface area contributed by atoms with Crippen LogP contribution < -0.4 is 0 Å². The Morgan fingerprint density at radius 2 is 1.95 bits per heavy atom. The molecule has 5 unspecified atom stereocenters. The minimum absolute atomic E-state index is 0.0844. The molecule has 1 saturated heterocycles. The van der Waals surface area contributed by atoms with E-state index in [0.29, 0.717) is 12.0 Å². The van der Waals surface area contributed by atoms with E-state index in [2.05, 4.69) is 0 Å². The van der Waals surface area contributed by atoms with Crippen LogP contribution in [0.5, 0.6) is 0 Å². The van der Waals surface area contributed by atoms with Crippen LogP contribution in [0, 0.1) is 11.8 Å². The minimum Gasteiger partial charge on any atom is -0.457 e. The van der Waals surface area contributed by atoms with Crippen LogP contribution in [0.1, 0.15) is 40.0 Å². The summed E-state index contributed by atoms with van der Waals surface area (Å²) in [7, 11) is 0. The first-order chi connectivity index (χ1) is 9.20. The van der Waals surface area contributed by atoms with Crippen molar-refractivity contribution >= 4 is 11.8 Å². The molecule has 2 aliphatic carbocycles. The highest BCUT2D eigenvalue weighted by Crippen LogP contribution is 2.52. The number of aliphatic hydroxyl groups is 2. The Kier molecular flexibility index (Phi) is 2.70. The van der Waals surface area contributed by atoms with E-state index in [4.69, 9.17) is 4.74 Å². The fourth-order valence-electron chi connectivity index (χ4n) is 4.02. The number of ketones is 1. The summed E-state index contributed by atoms with van der Waals surface area (Å²) < 4.78 is 5.43. The second-order valence-electron chi connectivity index (χ2n) is 6.63. The van der Waals surface area contributed by atoms with Crippen LogP contribution in [-0.2, 0) is 14.3 Å². The Morgan fingerprint density at radius 3 is 2.60 bits per heavy atom. The van der Waals surface area contributed by atoms with Crippen molar-refractivity contribution in [2.45, 2.75) is 57.3 Å². The fraction of sp³-hybridized carbons (Fsp3) is 0.733. The van der Waals surface area contributed by atoms with Crippen LogP contribution in [0.4, 0.5) is 0 Å². The molecule has 3 aliphatic rings. The smallest absolute Gasteiger partial charge is 0.309 e. The van der Waals surface area contributed by atoms with Gasteiger partial charge in [0.15, 0.2) is 11.4 Å². The monoisotopic (exact) mass is 280 g/mol. The van der Waals surface area contributed by atoms with Crippen molar-refractivity contribution in [3.05, 3.63) is 11.1 Å². The minimum atomic E-state index is -1.92. The van der Waals surface area contributed by atoms with Gasteiger partial charge in [-0.2, -0.15) is 0 Å². The molecule has 2 fully saturated rings. The van der Waals surface area contributed by atoms with Gasteiger partial charge in [0.25, 0.3) is 0 Å². The average molecular weight is 280 g/mol. The molecule has 1 saturated carbocycles. The number of carbonyl (C=O) groups excluding carboxylic acids is 2. The van der Waals surface area contributed by atoms with Gasteiger partial charge >= 0.3 is 5.97 Å². The van der Waals surface area contributed by atoms with Gasteiger partial charge in [-0.1, -0.05) is 12.5 Å². The summed E-state index contributed by atoms with van der Waals surface area (Å²) in [4.78, 5) is 24.1. The van der Waals surface area contributed by atoms with Crippen molar-refractivity contribution in [2.75, 3.05) is 0 Å². The second kappa shape index (κ2) is 3.92. The molecule has 0 bridgehead atoms. The molecule has 1 heterocycles. The maximum atomic E-state index is 12.3. The van der Waals surface area contributed by atoms with Gasteiger partial charge in [-0.3, -0.25) is 9.59 Å². The summed E-state index contributed by atoms with van der Waals surface area (Å²) in [6.07, 6.45) is 0.352. The van der Waals surface area contributed by atoms with Crippen LogP contribution >= 0.6 is 0 Å². The van der Waals surface area contributed by atoms with Crippen LogP contribution in [0.15, 0.2) is 11.1 Å². The predicted molar refractivity (Wildman–Crippen MR) is 69.7 cm³/mol. The van der Waals surface area contributed by atoms with E-state index in [1.807, 2.05) is 0 Å². The number of fused-ring (bicyclic) bond motifs is 3. The molecule has 0 aromatic heterocycles. The van der Waals surface area contributed by atoms with E-state index >= 15 is 0 Å². The number of carbonyl (C=O) groups is 2. The highest BCUT2D eigenvalue weighted by Gasteiger charge is 2.64. The first-order valence-corrected chi connectivity index (χ1v) is 7.09. The molecule has 0 radical (unpaired) electrons. The molecule has 5 atom stereocenters. The lowest BCUT2D eigenvalue weighted by Crippen LogP contribution is -2.57. The molecule has 3 rings (SSSR count). The number of rotatable bonds is 0. The third-order valence-electron chi connectivity index (χ3n) is 5.35. The molecule has 0 aromatic carbocycles. The zero-order valence-corrected chi connectivity index (χ0v) is 12.0. The Hall–Kier alpha value is -1.20. The van der Waals surface area contributed by atoms with Gasteiger partial charge in [-0.25, -0.2) is 0 Å². The topological polar surface area (TPSA) is 83.8 Å². The van der Waals surface area contributed by atoms with Crippen molar-refractivity contribution < 1.29 is 24.5 Å². The number of esters is 1. The number of ether oxygens (including phenoxy) is 1. The molecule has 2 N–H and O–H groups in total. The molecule has 20 heavy (non-hydrogen) atoms. The normalized spacial score (nSPS) is 48.0. The van der Waals surface area contributed by atoms with E-state index in [1.165, 1.54) is 6.92 Å². The van der Waals surface area contributed by atoms with E-state index in [-0.39, 0.29) is 30.6 Å². The zero-order valence-electron chi connectivity index (χ0n) is 12.0. The van der Waals surface area contributed by atoms with Crippen molar-refractivity contribution in [1.29, 1.82) is 0 Å². The summed E-state index contributed by atoms with van der Waals surface area (Å²) in [5.74, 6) is -1.04. The summed E-state index contributed by atoms with van der Waals surface area (Å²) >= 11 is 0. The van der Waals surface area contributed by atoms with Crippen LogP contribution in [0.25, 0.3) is 0 Å². The van der Waals surface area contributed by atoms with E-state index in [0.717, 1.165) is 5.57 Å². The maximum Gasteiger partial charge on any atom is 0.309 e. The Labute approximate surface area is 117 Å². The molecule has 0 aromatic rings. The standard InChI is InChI=1S/C15H20O5/c1-7-6-10(16)15(19)11(7)12-9(4-5-14(15,3)18)8(2)13(17)20-12/h8-9,12,18-19H,4-6H2,1-3H3. The first-order valence-electron chi connectivity index (χ1n) is 7.09. The van der Waals surface area contributed by atoms with Gasteiger partial charge in [0, 0.05) is 17.9 Å². The molecule has 1 aliphatic heterocycles. The number of allylic oxidation sites excluding steroid dienone is 1. The van der Waals surface area contributed by atoms with E-state index < -0.39 is 23.1 Å². The quantitative estimate of drug-likeness (QED) is 0.505. The van der Waals surface area contributed by atoms with E-state index in [9.17, 15) is 19.8 Å².